The van der Waals surface area contributed by atoms with Crippen LogP contribution in [0.3, 0.4) is 0 Å². The van der Waals surface area contributed by atoms with Gasteiger partial charge in [0.1, 0.15) is 0 Å². The van der Waals surface area contributed by atoms with E-state index < -0.39 is 0 Å². The molecule has 1 rings (SSSR count). The van der Waals surface area contributed by atoms with Gasteiger partial charge in [0, 0.05) is 6.42 Å². The van der Waals surface area contributed by atoms with E-state index in [1.165, 1.54) is 19.1 Å². The first-order chi connectivity index (χ1) is 6.75. The van der Waals surface area contributed by atoms with Gasteiger partial charge in [-0.05, 0) is 28.4 Å². The highest BCUT2D eigenvalue weighted by molar-refractivity contribution is 9.10. The zero-order chi connectivity index (χ0) is 10.4. The summed E-state index contributed by atoms with van der Waals surface area (Å²) < 4.78 is 5.85. The summed E-state index contributed by atoms with van der Waals surface area (Å²) in [7, 11) is 0. The van der Waals surface area contributed by atoms with Gasteiger partial charge in [-0.3, -0.25) is 4.79 Å². The quantitative estimate of drug-likeness (QED) is 0.566. The largest absolute Gasteiger partial charge is 0.460 e. The molecule has 0 spiro atoms. The van der Waals surface area contributed by atoms with Crippen LogP contribution < -0.4 is 0 Å². The number of ketones is 1. The smallest absolute Gasteiger partial charge is 0.199 e. The van der Waals surface area contributed by atoms with Crippen molar-refractivity contribution >= 4 is 21.7 Å². The van der Waals surface area contributed by atoms with Gasteiger partial charge in [-0.1, -0.05) is 26.2 Å². The number of unbranched alkanes of at least 4 members (excludes halogenated alkanes) is 3. The third-order valence-electron chi connectivity index (χ3n) is 2.13. The van der Waals surface area contributed by atoms with Crippen molar-refractivity contribution in [2.24, 2.45) is 0 Å². The van der Waals surface area contributed by atoms with Gasteiger partial charge >= 0.3 is 0 Å². The average molecular weight is 259 g/mol. The van der Waals surface area contributed by atoms with E-state index in [1.807, 2.05) is 0 Å². The summed E-state index contributed by atoms with van der Waals surface area (Å²) >= 11 is 3.27. The second-order valence-electron chi connectivity index (χ2n) is 3.33. The molecule has 1 heterocycles. The summed E-state index contributed by atoms with van der Waals surface area (Å²) in [6.45, 7) is 2.16. The summed E-state index contributed by atoms with van der Waals surface area (Å²) in [5.74, 6) is 0.555. The van der Waals surface area contributed by atoms with Crippen molar-refractivity contribution in [3.8, 4) is 0 Å². The zero-order valence-corrected chi connectivity index (χ0v) is 9.97. The van der Waals surface area contributed by atoms with Crippen LogP contribution in [0.15, 0.2) is 21.2 Å². The predicted molar refractivity (Wildman–Crippen MR) is 59.5 cm³/mol. The Morgan fingerprint density at radius 1 is 1.43 bits per heavy atom. The van der Waals surface area contributed by atoms with Crippen LogP contribution in [0.2, 0.25) is 0 Å². The van der Waals surface area contributed by atoms with E-state index in [-0.39, 0.29) is 5.78 Å². The van der Waals surface area contributed by atoms with Gasteiger partial charge in [0.2, 0.25) is 0 Å². The van der Waals surface area contributed by atoms with Crippen LogP contribution in [0, 0.1) is 0 Å². The Labute approximate surface area is 92.8 Å². The molecule has 0 unspecified atom stereocenters. The van der Waals surface area contributed by atoms with E-state index in [2.05, 4.69) is 22.9 Å². The van der Waals surface area contributed by atoms with Crippen molar-refractivity contribution in [3.05, 3.63) is 22.6 Å². The highest BCUT2D eigenvalue weighted by Crippen LogP contribution is 2.20. The number of furan rings is 1. The minimum absolute atomic E-state index is 0.0954. The summed E-state index contributed by atoms with van der Waals surface area (Å²) in [5.41, 5.74) is 0. The van der Waals surface area contributed by atoms with Crippen LogP contribution in [0.25, 0.3) is 0 Å². The molecule has 0 bridgehead atoms. The third kappa shape index (κ3) is 3.29. The van der Waals surface area contributed by atoms with Crippen molar-refractivity contribution in [2.75, 3.05) is 0 Å². The maximum absolute atomic E-state index is 11.6. The Kier molecular flexibility index (Phi) is 4.94. The van der Waals surface area contributed by atoms with Crippen LogP contribution in [0.5, 0.6) is 0 Å². The van der Waals surface area contributed by atoms with Crippen molar-refractivity contribution in [1.29, 1.82) is 0 Å². The molecule has 2 nitrogen and oxygen atoms in total. The molecular formula is C11H15BrO2. The number of halogens is 1. The molecule has 78 valence electrons. The van der Waals surface area contributed by atoms with Crippen molar-refractivity contribution in [3.63, 3.8) is 0 Å². The molecule has 0 aromatic carbocycles. The van der Waals surface area contributed by atoms with E-state index in [1.54, 1.807) is 6.07 Å². The molecule has 0 amide bonds. The predicted octanol–water partition coefficient (Wildman–Crippen LogP) is 4.20. The minimum atomic E-state index is 0.0954. The second kappa shape index (κ2) is 6.02. The first kappa shape index (κ1) is 11.5. The molecule has 1 aromatic heterocycles. The van der Waals surface area contributed by atoms with Gasteiger partial charge in [0.25, 0.3) is 0 Å². The SMILES string of the molecule is CCCCCCC(=O)c1occc1Br. The van der Waals surface area contributed by atoms with E-state index >= 15 is 0 Å². The standard InChI is InChI=1S/C11H15BrO2/c1-2-3-4-5-6-10(13)11-9(12)7-8-14-11/h7-8H,2-6H2,1H3. The van der Waals surface area contributed by atoms with Crippen molar-refractivity contribution < 1.29 is 9.21 Å². The van der Waals surface area contributed by atoms with Crippen LogP contribution in [-0.4, -0.2) is 5.78 Å². The van der Waals surface area contributed by atoms with Gasteiger partial charge in [-0.25, -0.2) is 0 Å². The first-order valence-electron chi connectivity index (χ1n) is 5.02. The maximum Gasteiger partial charge on any atom is 0.199 e. The monoisotopic (exact) mass is 258 g/mol. The lowest BCUT2D eigenvalue weighted by Gasteiger charge is -1.98. The summed E-state index contributed by atoms with van der Waals surface area (Å²) in [6.07, 6.45) is 6.60. The molecule has 0 fully saturated rings. The number of rotatable bonds is 6. The lowest BCUT2D eigenvalue weighted by molar-refractivity contribution is 0.0951. The number of hydrogen-bond acceptors (Lipinski definition) is 2. The molecule has 3 heteroatoms. The Morgan fingerprint density at radius 2 is 2.21 bits per heavy atom. The van der Waals surface area contributed by atoms with E-state index in [9.17, 15) is 4.79 Å². The van der Waals surface area contributed by atoms with Crippen molar-refractivity contribution in [2.45, 2.75) is 39.0 Å². The molecule has 0 aliphatic rings. The molecule has 0 saturated carbocycles. The summed E-state index contributed by atoms with van der Waals surface area (Å²) in [4.78, 5) is 11.6. The van der Waals surface area contributed by atoms with Gasteiger partial charge in [-0.15, -0.1) is 0 Å². The fraction of sp³-hybridized carbons (Fsp3) is 0.545. The molecule has 1 aromatic rings. The highest BCUT2D eigenvalue weighted by atomic mass is 79.9. The van der Waals surface area contributed by atoms with Gasteiger partial charge < -0.3 is 4.42 Å². The van der Waals surface area contributed by atoms with Crippen molar-refractivity contribution in [1.82, 2.24) is 0 Å². The molecule has 0 atom stereocenters. The molecule has 14 heavy (non-hydrogen) atoms. The lowest BCUT2D eigenvalue weighted by atomic mass is 10.1. The molecule has 0 radical (unpaired) electrons. The summed E-state index contributed by atoms with van der Waals surface area (Å²) in [6, 6.07) is 1.75. The molecular weight excluding hydrogens is 244 g/mol. The van der Waals surface area contributed by atoms with Crippen LogP contribution in [0.1, 0.15) is 49.6 Å². The van der Waals surface area contributed by atoms with E-state index in [0.29, 0.717) is 12.2 Å². The number of carbonyl (C=O) groups excluding carboxylic acids is 1. The van der Waals surface area contributed by atoms with Gasteiger partial charge in [0.15, 0.2) is 11.5 Å². The third-order valence-corrected chi connectivity index (χ3v) is 2.75. The lowest BCUT2D eigenvalue weighted by Crippen LogP contribution is -1.97. The normalized spacial score (nSPS) is 10.4. The topological polar surface area (TPSA) is 30.2 Å². The summed E-state index contributed by atoms with van der Waals surface area (Å²) in [5, 5.41) is 0. The second-order valence-corrected chi connectivity index (χ2v) is 4.19. The highest BCUT2D eigenvalue weighted by Gasteiger charge is 2.12. The molecule has 0 N–H and O–H groups in total. The van der Waals surface area contributed by atoms with Crippen LogP contribution in [-0.2, 0) is 0 Å². The van der Waals surface area contributed by atoms with Gasteiger partial charge in [-0.2, -0.15) is 0 Å². The average Bonchev–Trinajstić information content (AvgIpc) is 2.59. The maximum atomic E-state index is 11.6. The zero-order valence-electron chi connectivity index (χ0n) is 8.38. The minimum Gasteiger partial charge on any atom is -0.460 e. The number of hydrogen-bond donors (Lipinski definition) is 0. The Balaban J connectivity index is 2.32. The molecule has 0 saturated heterocycles. The first-order valence-corrected chi connectivity index (χ1v) is 5.81. The fourth-order valence-electron chi connectivity index (χ4n) is 1.32. The Bertz CT molecular complexity index is 291. The molecule has 0 aliphatic heterocycles. The number of carbonyl (C=O) groups is 1. The van der Waals surface area contributed by atoms with Crippen LogP contribution >= 0.6 is 15.9 Å². The fourth-order valence-corrected chi connectivity index (χ4v) is 1.74. The van der Waals surface area contributed by atoms with E-state index in [0.717, 1.165) is 17.3 Å². The number of Topliss-reactive ketones (excluding diaryl/α,β-unsaturated/α-hetero) is 1. The Hall–Kier alpha value is -0.570. The van der Waals surface area contributed by atoms with Gasteiger partial charge in [0.05, 0.1) is 10.7 Å². The van der Waals surface area contributed by atoms with Crippen LogP contribution in [0.4, 0.5) is 0 Å². The van der Waals surface area contributed by atoms with E-state index in [4.69, 9.17) is 4.42 Å². The Morgan fingerprint density at radius 3 is 2.79 bits per heavy atom. The molecule has 0 aliphatic carbocycles.